The van der Waals surface area contributed by atoms with E-state index in [1.54, 1.807) is 0 Å². The van der Waals surface area contributed by atoms with Crippen molar-refractivity contribution in [2.75, 3.05) is 13.2 Å². The SMILES string of the molecule is O=C1NCC(CO)C(=O)N1. The zero-order chi connectivity index (χ0) is 7.56. The van der Waals surface area contributed by atoms with Gasteiger partial charge in [0.15, 0.2) is 0 Å². The van der Waals surface area contributed by atoms with Crippen LogP contribution in [0.5, 0.6) is 0 Å². The smallest absolute Gasteiger partial charge is 0.321 e. The van der Waals surface area contributed by atoms with Gasteiger partial charge in [-0.1, -0.05) is 0 Å². The number of rotatable bonds is 1. The van der Waals surface area contributed by atoms with Crippen molar-refractivity contribution in [2.45, 2.75) is 0 Å². The van der Waals surface area contributed by atoms with Crippen molar-refractivity contribution in [3.63, 3.8) is 0 Å². The van der Waals surface area contributed by atoms with Crippen molar-refractivity contribution in [3.8, 4) is 0 Å². The second-order valence-electron chi connectivity index (χ2n) is 2.08. The first-order valence-electron chi connectivity index (χ1n) is 2.93. The van der Waals surface area contributed by atoms with Gasteiger partial charge in [-0.3, -0.25) is 10.1 Å². The summed E-state index contributed by atoms with van der Waals surface area (Å²) in [6.45, 7) is -0.00667. The number of hydrogen-bond donors (Lipinski definition) is 3. The third-order valence-corrected chi connectivity index (χ3v) is 1.34. The lowest BCUT2D eigenvalue weighted by atomic mass is 10.1. The van der Waals surface area contributed by atoms with E-state index in [4.69, 9.17) is 5.11 Å². The Morgan fingerprint density at radius 2 is 2.30 bits per heavy atom. The summed E-state index contributed by atoms with van der Waals surface area (Å²) in [5.41, 5.74) is 0. The molecule has 1 unspecified atom stereocenters. The average Bonchev–Trinajstić information content (AvgIpc) is 1.88. The Labute approximate surface area is 57.4 Å². The highest BCUT2D eigenvalue weighted by Gasteiger charge is 2.24. The molecule has 5 nitrogen and oxygen atoms in total. The zero-order valence-corrected chi connectivity index (χ0v) is 5.26. The van der Waals surface area contributed by atoms with Gasteiger partial charge in [-0.25, -0.2) is 4.79 Å². The van der Waals surface area contributed by atoms with E-state index in [2.05, 4.69) is 5.32 Å². The minimum atomic E-state index is -0.491. The van der Waals surface area contributed by atoms with Crippen molar-refractivity contribution < 1.29 is 14.7 Å². The Bertz CT molecular complexity index is 168. The molecule has 1 aliphatic rings. The molecule has 10 heavy (non-hydrogen) atoms. The average molecular weight is 144 g/mol. The summed E-state index contributed by atoms with van der Waals surface area (Å²) in [5, 5.41) is 12.9. The Morgan fingerprint density at radius 1 is 1.60 bits per heavy atom. The van der Waals surface area contributed by atoms with E-state index in [-0.39, 0.29) is 13.2 Å². The Kier molecular flexibility index (Phi) is 1.86. The molecule has 0 aromatic rings. The molecule has 0 aromatic carbocycles. The fourth-order valence-corrected chi connectivity index (χ4v) is 0.714. The van der Waals surface area contributed by atoms with Gasteiger partial charge in [0.2, 0.25) is 5.91 Å². The summed E-state index contributed by atoms with van der Waals surface area (Å²) in [7, 11) is 0. The van der Waals surface area contributed by atoms with Crippen LogP contribution < -0.4 is 10.6 Å². The Hall–Kier alpha value is -1.10. The molecule has 0 saturated carbocycles. The number of urea groups is 1. The van der Waals surface area contributed by atoms with Crippen molar-refractivity contribution in [2.24, 2.45) is 5.92 Å². The van der Waals surface area contributed by atoms with Crippen LogP contribution in [-0.4, -0.2) is 30.2 Å². The molecule has 1 fully saturated rings. The second-order valence-corrected chi connectivity index (χ2v) is 2.08. The highest BCUT2D eigenvalue weighted by molar-refractivity contribution is 5.97. The van der Waals surface area contributed by atoms with Crippen molar-refractivity contribution in [3.05, 3.63) is 0 Å². The fourth-order valence-electron chi connectivity index (χ4n) is 0.714. The molecule has 0 bridgehead atoms. The number of aliphatic hydroxyl groups excluding tert-OH is 1. The van der Waals surface area contributed by atoms with Gasteiger partial charge in [0.1, 0.15) is 0 Å². The van der Waals surface area contributed by atoms with Gasteiger partial charge >= 0.3 is 6.03 Å². The topological polar surface area (TPSA) is 78.4 Å². The maximum Gasteiger partial charge on any atom is 0.321 e. The van der Waals surface area contributed by atoms with Crippen molar-refractivity contribution in [1.82, 2.24) is 10.6 Å². The third kappa shape index (κ3) is 1.24. The van der Waals surface area contributed by atoms with Crippen LogP contribution in [0.1, 0.15) is 0 Å². The lowest BCUT2D eigenvalue weighted by Gasteiger charge is -2.19. The number of carbonyl (C=O) groups excluding carboxylic acids is 2. The van der Waals surface area contributed by atoms with E-state index in [0.717, 1.165) is 0 Å². The van der Waals surface area contributed by atoms with Crippen molar-refractivity contribution in [1.29, 1.82) is 0 Å². The molecule has 1 heterocycles. The molecule has 1 saturated heterocycles. The maximum atomic E-state index is 10.7. The van der Waals surface area contributed by atoms with Crippen LogP contribution in [0.4, 0.5) is 4.79 Å². The van der Waals surface area contributed by atoms with E-state index in [1.807, 2.05) is 5.32 Å². The van der Waals surface area contributed by atoms with Crippen LogP contribution >= 0.6 is 0 Å². The molecule has 0 aromatic heterocycles. The first-order valence-corrected chi connectivity index (χ1v) is 2.93. The second kappa shape index (κ2) is 2.66. The summed E-state index contributed by atoms with van der Waals surface area (Å²) in [6, 6.07) is -0.491. The van der Waals surface area contributed by atoms with Crippen LogP contribution in [0.25, 0.3) is 0 Å². The number of imide groups is 1. The molecule has 0 spiro atoms. The molecule has 5 heteroatoms. The summed E-state index contributed by atoms with van der Waals surface area (Å²) in [4.78, 5) is 21.1. The maximum absolute atomic E-state index is 10.7. The van der Waals surface area contributed by atoms with Gasteiger partial charge in [-0.05, 0) is 0 Å². The minimum Gasteiger partial charge on any atom is -0.395 e. The van der Waals surface area contributed by atoms with E-state index >= 15 is 0 Å². The molecule has 0 radical (unpaired) electrons. The monoisotopic (exact) mass is 144 g/mol. The van der Waals surface area contributed by atoms with Gasteiger partial charge in [-0.15, -0.1) is 0 Å². The summed E-state index contributed by atoms with van der Waals surface area (Å²) >= 11 is 0. The van der Waals surface area contributed by atoms with E-state index < -0.39 is 17.9 Å². The quantitative estimate of drug-likeness (QED) is 0.416. The number of aliphatic hydroxyl groups is 1. The summed E-state index contributed by atoms with van der Waals surface area (Å²) in [5.74, 6) is -0.899. The predicted molar refractivity (Wildman–Crippen MR) is 32.1 cm³/mol. The zero-order valence-electron chi connectivity index (χ0n) is 5.26. The fraction of sp³-hybridized carbons (Fsp3) is 0.600. The molecular formula is C5H8N2O3. The van der Waals surface area contributed by atoms with Gasteiger partial charge in [0.25, 0.3) is 0 Å². The Morgan fingerprint density at radius 3 is 2.80 bits per heavy atom. The lowest BCUT2D eigenvalue weighted by Crippen LogP contribution is -2.53. The molecule has 1 aliphatic heterocycles. The molecule has 1 rings (SSSR count). The van der Waals surface area contributed by atoms with Crippen LogP contribution in [0.15, 0.2) is 0 Å². The third-order valence-electron chi connectivity index (χ3n) is 1.34. The van der Waals surface area contributed by atoms with Crippen LogP contribution in [-0.2, 0) is 4.79 Å². The largest absolute Gasteiger partial charge is 0.395 e. The van der Waals surface area contributed by atoms with Crippen LogP contribution in [0, 0.1) is 5.92 Å². The first kappa shape index (κ1) is 7.01. The van der Waals surface area contributed by atoms with Crippen LogP contribution in [0.2, 0.25) is 0 Å². The van der Waals surface area contributed by atoms with E-state index in [1.165, 1.54) is 0 Å². The molecule has 56 valence electrons. The van der Waals surface area contributed by atoms with E-state index in [9.17, 15) is 9.59 Å². The highest BCUT2D eigenvalue weighted by Crippen LogP contribution is 1.96. The lowest BCUT2D eigenvalue weighted by molar-refractivity contribution is -0.125. The van der Waals surface area contributed by atoms with Gasteiger partial charge < -0.3 is 10.4 Å². The summed E-state index contributed by atoms with van der Waals surface area (Å²) in [6.07, 6.45) is 0. The molecule has 3 amide bonds. The minimum absolute atomic E-state index is 0.223. The van der Waals surface area contributed by atoms with Gasteiger partial charge in [0, 0.05) is 6.54 Å². The van der Waals surface area contributed by atoms with Gasteiger partial charge in [-0.2, -0.15) is 0 Å². The molecule has 1 atom stereocenters. The number of amides is 3. The van der Waals surface area contributed by atoms with E-state index in [0.29, 0.717) is 0 Å². The molecule has 3 N–H and O–H groups in total. The van der Waals surface area contributed by atoms with Crippen molar-refractivity contribution >= 4 is 11.9 Å². The number of hydrogen-bond acceptors (Lipinski definition) is 3. The van der Waals surface area contributed by atoms with Gasteiger partial charge in [0.05, 0.1) is 12.5 Å². The number of carbonyl (C=O) groups is 2. The van der Waals surface area contributed by atoms with Crippen LogP contribution in [0.3, 0.4) is 0 Å². The number of nitrogens with one attached hydrogen (secondary N) is 2. The standard InChI is InChI=1S/C5H8N2O3/c8-2-3-1-6-5(10)7-4(3)9/h3,8H,1-2H2,(H2,6,7,9,10). The molecule has 0 aliphatic carbocycles. The summed E-state index contributed by atoms with van der Waals surface area (Å²) < 4.78 is 0. The first-order chi connectivity index (χ1) is 4.74. The predicted octanol–water partition coefficient (Wildman–Crippen LogP) is -1.57. The molecular weight excluding hydrogens is 136 g/mol. The Balaban J connectivity index is 2.51. The highest BCUT2D eigenvalue weighted by atomic mass is 16.3. The normalized spacial score (nSPS) is 25.5.